The van der Waals surface area contributed by atoms with E-state index in [1.54, 1.807) is 36.4 Å². The van der Waals surface area contributed by atoms with Gasteiger partial charge in [0, 0.05) is 17.7 Å². The Morgan fingerprint density at radius 2 is 1.71 bits per heavy atom. The number of non-ortho nitro benzene ring substituents is 1. The molecule has 0 aliphatic rings. The number of esters is 1. The van der Waals surface area contributed by atoms with Crippen molar-refractivity contribution in [1.29, 1.82) is 0 Å². The van der Waals surface area contributed by atoms with Gasteiger partial charge in [0.05, 0.1) is 10.6 Å². The Bertz CT molecular complexity index is 1240. The fraction of sp³-hybridized carbons (Fsp3) is 0.160. The molecule has 0 unspecified atom stereocenters. The molecule has 0 spiro atoms. The van der Waals surface area contributed by atoms with E-state index < -0.39 is 35.4 Å². The Balaban J connectivity index is 1.53. The molecule has 0 saturated heterocycles. The van der Waals surface area contributed by atoms with Crippen molar-refractivity contribution in [3.63, 3.8) is 0 Å². The molecule has 10 nitrogen and oxygen atoms in total. The summed E-state index contributed by atoms with van der Waals surface area (Å²) in [5.74, 6) is -1.13. The van der Waals surface area contributed by atoms with Crippen molar-refractivity contribution in [2.24, 2.45) is 0 Å². The number of nitrogens with one attached hydrogen (secondary N) is 2. The lowest BCUT2D eigenvalue weighted by atomic mass is 10.2. The van der Waals surface area contributed by atoms with Gasteiger partial charge in [-0.3, -0.25) is 19.7 Å². The monoisotopic (exact) mass is 477 g/mol. The second-order valence-corrected chi connectivity index (χ2v) is 7.57. The van der Waals surface area contributed by atoms with Crippen LogP contribution >= 0.6 is 0 Å². The van der Waals surface area contributed by atoms with Crippen LogP contribution in [-0.4, -0.2) is 35.4 Å². The highest BCUT2D eigenvalue weighted by atomic mass is 16.6. The lowest BCUT2D eigenvalue weighted by molar-refractivity contribution is -0.384. The van der Waals surface area contributed by atoms with Crippen molar-refractivity contribution < 1.29 is 28.8 Å². The predicted octanol–water partition coefficient (Wildman–Crippen LogP) is 4.00. The maximum Gasteiger partial charge on any atom is 0.328 e. The summed E-state index contributed by atoms with van der Waals surface area (Å²) in [4.78, 5) is 47.1. The number of rotatable bonds is 9. The van der Waals surface area contributed by atoms with E-state index in [0.29, 0.717) is 17.2 Å². The Kier molecular flexibility index (Phi) is 8.12. The number of carbonyl (C=O) groups excluding carboxylic acids is 3. The van der Waals surface area contributed by atoms with E-state index in [1.807, 2.05) is 19.1 Å². The number of anilines is 1. The number of amides is 2. The smallest absolute Gasteiger partial charge is 0.328 e. The summed E-state index contributed by atoms with van der Waals surface area (Å²) in [6.45, 7) is 2.74. The molecule has 10 heteroatoms. The van der Waals surface area contributed by atoms with Gasteiger partial charge in [0.2, 0.25) is 0 Å². The number of hydrogen-bond acceptors (Lipinski definition) is 7. The number of nitrogens with zero attached hydrogens (tertiary/aromatic N) is 1. The van der Waals surface area contributed by atoms with Crippen molar-refractivity contribution in [2.45, 2.75) is 19.9 Å². The van der Waals surface area contributed by atoms with Gasteiger partial charge in [-0.25, -0.2) is 4.79 Å². The van der Waals surface area contributed by atoms with Crippen LogP contribution in [0.15, 0.2) is 72.8 Å². The van der Waals surface area contributed by atoms with Crippen LogP contribution in [0.25, 0.3) is 0 Å². The third-order valence-corrected chi connectivity index (χ3v) is 4.78. The van der Waals surface area contributed by atoms with Gasteiger partial charge in [-0.15, -0.1) is 0 Å². The van der Waals surface area contributed by atoms with Crippen molar-refractivity contribution >= 4 is 29.2 Å². The molecule has 3 rings (SSSR count). The second kappa shape index (κ2) is 11.4. The first kappa shape index (κ1) is 24.9. The molecular weight excluding hydrogens is 454 g/mol. The van der Waals surface area contributed by atoms with Crippen molar-refractivity contribution in [3.05, 3.63) is 94.0 Å². The minimum Gasteiger partial charge on any atom is -0.455 e. The molecule has 35 heavy (non-hydrogen) atoms. The molecule has 2 N–H and O–H groups in total. The zero-order chi connectivity index (χ0) is 25.4. The molecule has 0 aromatic heterocycles. The number of ether oxygens (including phenoxy) is 2. The zero-order valence-corrected chi connectivity index (χ0v) is 19.0. The first-order chi connectivity index (χ1) is 16.7. The highest BCUT2D eigenvalue weighted by Crippen LogP contribution is 2.29. The van der Waals surface area contributed by atoms with Gasteiger partial charge in [0.15, 0.2) is 12.4 Å². The van der Waals surface area contributed by atoms with Crippen LogP contribution in [0.2, 0.25) is 0 Å². The standard InChI is InChI=1S/C25H23N3O7/c1-16-10-12-20(13-11-16)35-22-9-4-3-8-21(22)27-23(29)15-34-25(31)17(2)26-24(30)18-6-5-7-19(14-18)28(32)33/h3-14,17H,15H2,1-2H3,(H,26,30)(H,27,29)/t17-/m0/s1. The minimum absolute atomic E-state index is 0.0155. The molecule has 2 amide bonds. The van der Waals surface area contributed by atoms with E-state index in [9.17, 15) is 24.5 Å². The Labute approximate surface area is 201 Å². The number of nitro benzene ring substituents is 1. The molecule has 0 radical (unpaired) electrons. The third-order valence-electron chi connectivity index (χ3n) is 4.78. The highest BCUT2D eigenvalue weighted by Gasteiger charge is 2.20. The largest absolute Gasteiger partial charge is 0.455 e. The fourth-order valence-corrected chi connectivity index (χ4v) is 2.94. The van der Waals surface area contributed by atoms with Crippen LogP contribution in [0.3, 0.4) is 0 Å². The van der Waals surface area contributed by atoms with Gasteiger partial charge in [0.1, 0.15) is 11.8 Å². The second-order valence-electron chi connectivity index (χ2n) is 7.57. The summed E-state index contributed by atoms with van der Waals surface area (Å²) < 4.78 is 10.8. The molecular formula is C25H23N3O7. The van der Waals surface area contributed by atoms with Crippen molar-refractivity contribution in [1.82, 2.24) is 5.32 Å². The van der Waals surface area contributed by atoms with Crippen LogP contribution in [0.5, 0.6) is 11.5 Å². The lowest BCUT2D eigenvalue weighted by Crippen LogP contribution is -2.40. The molecule has 0 saturated carbocycles. The molecule has 0 bridgehead atoms. The molecule has 0 aliphatic heterocycles. The molecule has 0 aliphatic carbocycles. The number of benzene rings is 3. The van der Waals surface area contributed by atoms with Gasteiger partial charge in [-0.1, -0.05) is 35.9 Å². The van der Waals surface area contributed by atoms with E-state index >= 15 is 0 Å². The number of aryl methyl sites for hydroxylation is 1. The van der Waals surface area contributed by atoms with Gasteiger partial charge < -0.3 is 20.1 Å². The van der Waals surface area contributed by atoms with E-state index in [4.69, 9.17) is 9.47 Å². The zero-order valence-electron chi connectivity index (χ0n) is 19.0. The van der Waals surface area contributed by atoms with Crippen LogP contribution < -0.4 is 15.4 Å². The minimum atomic E-state index is -1.09. The van der Waals surface area contributed by atoms with Crippen molar-refractivity contribution in [3.8, 4) is 11.5 Å². The summed E-state index contributed by atoms with van der Waals surface area (Å²) in [6.07, 6.45) is 0. The SMILES string of the molecule is Cc1ccc(Oc2ccccc2NC(=O)COC(=O)[C@H](C)NC(=O)c2cccc([N+](=O)[O-])c2)cc1. The summed E-state index contributed by atoms with van der Waals surface area (Å²) in [6, 6.07) is 18.2. The average molecular weight is 477 g/mol. The Morgan fingerprint density at radius 1 is 1.00 bits per heavy atom. The fourth-order valence-electron chi connectivity index (χ4n) is 2.94. The molecule has 3 aromatic carbocycles. The molecule has 3 aromatic rings. The normalized spacial score (nSPS) is 11.1. The number of carbonyl (C=O) groups is 3. The predicted molar refractivity (Wildman–Crippen MR) is 127 cm³/mol. The average Bonchev–Trinajstić information content (AvgIpc) is 2.85. The van der Waals surface area contributed by atoms with Crippen molar-refractivity contribution in [2.75, 3.05) is 11.9 Å². The van der Waals surface area contributed by atoms with Gasteiger partial charge in [-0.05, 0) is 44.2 Å². The van der Waals surface area contributed by atoms with Crippen LogP contribution in [0.1, 0.15) is 22.8 Å². The molecule has 1 atom stereocenters. The Hall–Kier alpha value is -4.73. The summed E-state index contributed by atoms with van der Waals surface area (Å²) in [5, 5.41) is 15.9. The molecule has 0 fully saturated rings. The summed E-state index contributed by atoms with van der Waals surface area (Å²) >= 11 is 0. The number of hydrogen-bond donors (Lipinski definition) is 2. The van der Waals surface area contributed by atoms with E-state index in [1.165, 1.54) is 25.1 Å². The maximum absolute atomic E-state index is 12.3. The van der Waals surface area contributed by atoms with E-state index in [-0.39, 0.29) is 11.3 Å². The lowest BCUT2D eigenvalue weighted by Gasteiger charge is -2.14. The topological polar surface area (TPSA) is 137 Å². The van der Waals surface area contributed by atoms with Gasteiger partial charge >= 0.3 is 5.97 Å². The molecule has 180 valence electrons. The quantitative estimate of drug-likeness (QED) is 0.270. The third kappa shape index (κ3) is 7.13. The van der Waals surface area contributed by atoms with Crippen LogP contribution in [0, 0.1) is 17.0 Å². The first-order valence-corrected chi connectivity index (χ1v) is 10.6. The number of para-hydroxylation sites is 2. The van der Waals surface area contributed by atoms with E-state index in [2.05, 4.69) is 10.6 Å². The van der Waals surface area contributed by atoms with Gasteiger partial charge in [0.25, 0.3) is 17.5 Å². The first-order valence-electron chi connectivity index (χ1n) is 10.6. The maximum atomic E-state index is 12.3. The molecule has 0 heterocycles. The highest BCUT2D eigenvalue weighted by molar-refractivity contribution is 5.98. The Morgan fingerprint density at radius 3 is 2.43 bits per heavy atom. The number of nitro groups is 1. The van der Waals surface area contributed by atoms with Crippen LogP contribution in [0.4, 0.5) is 11.4 Å². The summed E-state index contributed by atoms with van der Waals surface area (Å²) in [7, 11) is 0. The van der Waals surface area contributed by atoms with Crippen LogP contribution in [-0.2, 0) is 14.3 Å². The summed E-state index contributed by atoms with van der Waals surface area (Å²) in [5.41, 5.74) is 1.23. The van der Waals surface area contributed by atoms with Gasteiger partial charge in [-0.2, -0.15) is 0 Å². The van der Waals surface area contributed by atoms with E-state index in [0.717, 1.165) is 11.6 Å².